The quantitative estimate of drug-likeness (QED) is 0.525. The lowest BCUT2D eigenvalue weighted by Gasteiger charge is -2.05. The summed E-state index contributed by atoms with van der Waals surface area (Å²) in [6.07, 6.45) is 11.2. The van der Waals surface area contributed by atoms with Gasteiger partial charge in [0.05, 0.1) is 0 Å². The Kier molecular flexibility index (Phi) is 7.70. The normalized spacial score (nSPS) is 12.0. The van der Waals surface area contributed by atoms with E-state index in [2.05, 4.69) is 67.8 Å². The first-order valence-corrected chi connectivity index (χ1v) is 6.96. The molecule has 98 valence electrons. The van der Waals surface area contributed by atoms with Crippen molar-refractivity contribution in [3.05, 3.63) is 59.8 Å². The van der Waals surface area contributed by atoms with Crippen LogP contribution in [0.3, 0.4) is 0 Å². The van der Waals surface area contributed by atoms with Gasteiger partial charge in [-0.15, -0.1) is 0 Å². The molecule has 0 fully saturated rings. The predicted octanol–water partition coefficient (Wildman–Crippen LogP) is 4.47. The zero-order valence-corrected chi connectivity index (χ0v) is 11.7. The van der Waals surface area contributed by atoms with E-state index in [1.54, 1.807) is 0 Å². The van der Waals surface area contributed by atoms with Crippen LogP contribution in [-0.4, -0.2) is 6.54 Å². The second kappa shape index (κ2) is 9.52. The van der Waals surface area contributed by atoms with Crippen molar-refractivity contribution in [2.24, 2.45) is 0 Å². The molecule has 0 spiro atoms. The summed E-state index contributed by atoms with van der Waals surface area (Å²) < 4.78 is 0. The Balaban J connectivity index is 2.32. The lowest BCUT2D eigenvalue weighted by atomic mass is 10.1. The van der Waals surface area contributed by atoms with Crippen molar-refractivity contribution >= 4 is 0 Å². The van der Waals surface area contributed by atoms with Crippen molar-refractivity contribution in [2.75, 3.05) is 6.54 Å². The molecule has 1 nitrogen and oxygen atoms in total. The molecule has 0 saturated carbocycles. The fourth-order valence-electron chi connectivity index (χ4n) is 1.86. The standard InChI is InChI=1S/C17H25N/c1-3-5-10-17(9-4-2)15-18-14-13-16-11-7-6-8-12-16/h4,6-9,11-12,15,18H,3,5,10,13-14H2,1-2H3/b9-4-,17-15+. The first kappa shape index (κ1) is 14.6. The predicted molar refractivity (Wildman–Crippen MR) is 80.6 cm³/mol. The number of benzene rings is 1. The third-order valence-electron chi connectivity index (χ3n) is 2.89. The second-order valence-electron chi connectivity index (χ2n) is 4.51. The lowest BCUT2D eigenvalue weighted by molar-refractivity contribution is 0.777. The van der Waals surface area contributed by atoms with E-state index < -0.39 is 0 Å². The largest absolute Gasteiger partial charge is 0.390 e. The number of hydrogen-bond donors (Lipinski definition) is 1. The molecule has 1 heteroatoms. The van der Waals surface area contributed by atoms with Crippen LogP contribution in [-0.2, 0) is 6.42 Å². The van der Waals surface area contributed by atoms with E-state index in [-0.39, 0.29) is 0 Å². The van der Waals surface area contributed by atoms with Gasteiger partial charge in [0.25, 0.3) is 0 Å². The van der Waals surface area contributed by atoms with Gasteiger partial charge in [0.15, 0.2) is 0 Å². The van der Waals surface area contributed by atoms with E-state index in [4.69, 9.17) is 0 Å². The van der Waals surface area contributed by atoms with Gasteiger partial charge in [-0.1, -0.05) is 55.8 Å². The smallest absolute Gasteiger partial charge is 0.0182 e. The van der Waals surface area contributed by atoms with Gasteiger partial charge in [0.2, 0.25) is 0 Å². The molecular formula is C17H25N. The topological polar surface area (TPSA) is 12.0 Å². The molecule has 0 unspecified atom stereocenters. The highest BCUT2D eigenvalue weighted by Gasteiger charge is 1.93. The van der Waals surface area contributed by atoms with Crippen LogP contribution in [0.5, 0.6) is 0 Å². The summed E-state index contributed by atoms with van der Waals surface area (Å²) in [7, 11) is 0. The highest BCUT2D eigenvalue weighted by Crippen LogP contribution is 2.07. The molecule has 0 aliphatic carbocycles. The molecule has 0 saturated heterocycles. The zero-order chi connectivity index (χ0) is 13.1. The van der Waals surface area contributed by atoms with Crippen LogP contribution in [0, 0.1) is 0 Å². The number of allylic oxidation sites excluding steroid dienone is 3. The molecule has 1 N–H and O–H groups in total. The van der Waals surface area contributed by atoms with Crippen molar-refractivity contribution in [1.82, 2.24) is 5.32 Å². The summed E-state index contributed by atoms with van der Waals surface area (Å²) >= 11 is 0. The summed E-state index contributed by atoms with van der Waals surface area (Å²) in [6, 6.07) is 10.6. The zero-order valence-electron chi connectivity index (χ0n) is 11.7. The summed E-state index contributed by atoms with van der Waals surface area (Å²) in [5.41, 5.74) is 2.78. The van der Waals surface area contributed by atoms with E-state index in [0.29, 0.717) is 0 Å². The molecule has 0 aliphatic rings. The van der Waals surface area contributed by atoms with Gasteiger partial charge >= 0.3 is 0 Å². The fraction of sp³-hybridized carbons (Fsp3) is 0.412. The third-order valence-corrected chi connectivity index (χ3v) is 2.89. The Morgan fingerprint density at radius 2 is 2.00 bits per heavy atom. The van der Waals surface area contributed by atoms with Crippen molar-refractivity contribution in [3.63, 3.8) is 0 Å². The minimum absolute atomic E-state index is 0.997. The molecular weight excluding hydrogens is 218 g/mol. The molecule has 1 rings (SSSR count). The molecule has 1 aromatic carbocycles. The van der Waals surface area contributed by atoms with E-state index in [0.717, 1.165) is 13.0 Å². The number of nitrogens with one attached hydrogen (secondary N) is 1. The lowest BCUT2D eigenvalue weighted by Crippen LogP contribution is -2.10. The van der Waals surface area contributed by atoms with Gasteiger partial charge in [0.1, 0.15) is 0 Å². The number of hydrogen-bond acceptors (Lipinski definition) is 1. The third kappa shape index (κ3) is 6.29. The highest BCUT2D eigenvalue weighted by molar-refractivity contribution is 5.18. The molecule has 0 atom stereocenters. The second-order valence-corrected chi connectivity index (χ2v) is 4.51. The summed E-state index contributed by atoms with van der Waals surface area (Å²) in [6.45, 7) is 5.30. The maximum Gasteiger partial charge on any atom is 0.0182 e. The Morgan fingerprint density at radius 1 is 1.22 bits per heavy atom. The summed E-state index contributed by atoms with van der Waals surface area (Å²) in [5.74, 6) is 0. The Bertz CT molecular complexity index is 362. The van der Waals surface area contributed by atoms with Crippen LogP contribution < -0.4 is 5.32 Å². The monoisotopic (exact) mass is 243 g/mol. The molecule has 0 radical (unpaired) electrons. The number of rotatable bonds is 8. The van der Waals surface area contributed by atoms with Gasteiger partial charge in [-0.3, -0.25) is 0 Å². The molecule has 0 aliphatic heterocycles. The van der Waals surface area contributed by atoms with Crippen molar-refractivity contribution in [3.8, 4) is 0 Å². The fourth-order valence-corrected chi connectivity index (χ4v) is 1.86. The van der Waals surface area contributed by atoms with Crippen LogP contribution in [0.4, 0.5) is 0 Å². The van der Waals surface area contributed by atoms with Crippen LogP contribution in [0.15, 0.2) is 54.3 Å². The minimum Gasteiger partial charge on any atom is -0.390 e. The number of unbranched alkanes of at least 4 members (excludes halogenated alkanes) is 1. The summed E-state index contributed by atoms with van der Waals surface area (Å²) in [5, 5.41) is 3.41. The maximum atomic E-state index is 3.41. The Labute approximate surface area is 112 Å². The van der Waals surface area contributed by atoms with Crippen LogP contribution in [0.25, 0.3) is 0 Å². The van der Waals surface area contributed by atoms with Gasteiger partial charge in [-0.05, 0) is 43.5 Å². The SMILES string of the molecule is C/C=C\C(=C/NCCc1ccccc1)CCCC. The van der Waals surface area contributed by atoms with Crippen LogP contribution in [0.1, 0.15) is 38.7 Å². The van der Waals surface area contributed by atoms with Crippen molar-refractivity contribution < 1.29 is 0 Å². The Hall–Kier alpha value is -1.50. The summed E-state index contributed by atoms with van der Waals surface area (Å²) in [4.78, 5) is 0. The maximum absolute atomic E-state index is 3.41. The highest BCUT2D eigenvalue weighted by atomic mass is 14.8. The average Bonchev–Trinajstić information content (AvgIpc) is 2.42. The Morgan fingerprint density at radius 3 is 2.67 bits per heavy atom. The van der Waals surface area contributed by atoms with Gasteiger partial charge in [-0.2, -0.15) is 0 Å². The molecule has 0 heterocycles. The molecule has 0 bridgehead atoms. The first-order valence-electron chi connectivity index (χ1n) is 6.96. The molecule has 0 aromatic heterocycles. The van der Waals surface area contributed by atoms with Crippen LogP contribution >= 0.6 is 0 Å². The molecule has 0 amide bonds. The molecule has 1 aromatic rings. The average molecular weight is 243 g/mol. The molecule has 18 heavy (non-hydrogen) atoms. The van der Waals surface area contributed by atoms with E-state index >= 15 is 0 Å². The van der Waals surface area contributed by atoms with Gasteiger partial charge in [-0.25, -0.2) is 0 Å². The van der Waals surface area contributed by atoms with Gasteiger partial charge < -0.3 is 5.32 Å². The van der Waals surface area contributed by atoms with E-state index in [9.17, 15) is 0 Å². The van der Waals surface area contributed by atoms with Gasteiger partial charge in [0, 0.05) is 6.54 Å². The first-order chi connectivity index (χ1) is 8.86. The van der Waals surface area contributed by atoms with E-state index in [1.807, 2.05) is 0 Å². The van der Waals surface area contributed by atoms with Crippen molar-refractivity contribution in [2.45, 2.75) is 39.5 Å². The van der Waals surface area contributed by atoms with Crippen LogP contribution in [0.2, 0.25) is 0 Å². The minimum atomic E-state index is 0.997. The van der Waals surface area contributed by atoms with Crippen molar-refractivity contribution in [1.29, 1.82) is 0 Å². The van der Waals surface area contributed by atoms with E-state index in [1.165, 1.54) is 30.4 Å².